The van der Waals surface area contributed by atoms with E-state index in [-0.39, 0.29) is 0 Å². The van der Waals surface area contributed by atoms with Gasteiger partial charge in [0.05, 0.1) is 19.1 Å². The second-order valence-electron chi connectivity index (χ2n) is 9.02. The molecule has 0 N–H and O–H groups in total. The van der Waals surface area contributed by atoms with Crippen LogP contribution < -0.4 is 4.74 Å². The number of furan rings is 1. The first kappa shape index (κ1) is 23.0. The Morgan fingerprint density at radius 3 is 2.66 bits per heavy atom. The van der Waals surface area contributed by atoms with Gasteiger partial charge in [0.1, 0.15) is 11.5 Å². The number of piperidine rings is 1. The molecule has 178 valence electrons. The molecule has 4 heterocycles. The second kappa shape index (κ2) is 10.7. The van der Waals surface area contributed by atoms with Gasteiger partial charge in [-0.15, -0.1) is 0 Å². The van der Waals surface area contributed by atoms with Gasteiger partial charge in [0.2, 0.25) is 0 Å². The Bertz CT molecular complexity index is 1280. The summed E-state index contributed by atoms with van der Waals surface area (Å²) in [6.45, 7) is 5.17. The lowest BCUT2D eigenvalue weighted by atomic mass is 9.88. The van der Waals surface area contributed by atoms with Gasteiger partial charge in [-0.1, -0.05) is 17.7 Å². The van der Waals surface area contributed by atoms with Crippen LogP contribution >= 0.6 is 0 Å². The predicted molar refractivity (Wildman–Crippen MR) is 138 cm³/mol. The van der Waals surface area contributed by atoms with Crippen LogP contribution in [0.1, 0.15) is 37.1 Å². The van der Waals surface area contributed by atoms with Crippen LogP contribution in [0.15, 0.2) is 83.4 Å². The van der Waals surface area contributed by atoms with Gasteiger partial charge in [-0.05, 0) is 80.9 Å². The quantitative estimate of drug-likeness (QED) is 0.328. The molecule has 0 saturated carbocycles. The van der Waals surface area contributed by atoms with Gasteiger partial charge in [0.25, 0.3) is 0 Å². The normalized spacial score (nSPS) is 15.3. The molecule has 0 aliphatic carbocycles. The summed E-state index contributed by atoms with van der Waals surface area (Å²) < 4.78 is 10.9. The van der Waals surface area contributed by atoms with E-state index in [2.05, 4.69) is 35.0 Å². The zero-order valence-corrected chi connectivity index (χ0v) is 20.2. The van der Waals surface area contributed by atoms with Crippen molar-refractivity contribution in [2.24, 2.45) is 0 Å². The summed E-state index contributed by atoms with van der Waals surface area (Å²) >= 11 is 0. The van der Waals surface area contributed by atoms with Crippen molar-refractivity contribution in [1.82, 2.24) is 19.9 Å². The second-order valence-corrected chi connectivity index (χ2v) is 9.02. The third-order valence-electron chi connectivity index (χ3n) is 6.52. The number of aromatic nitrogens is 3. The van der Waals surface area contributed by atoms with E-state index in [1.54, 1.807) is 25.8 Å². The Hall–Kier alpha value is -3.77. The smallest absolute Gasteiger partial charge is 0.159 e. The fourth-order valence-corrected chi connectivity index (χ4v) is 4.74. The van der Waals surface area contributed by atoms with Crippen LogP contribution in [0.4, 0.5) is 0 Å². The van der Waals surface area contributed by atoms with Crippen molar-refractivity contribution in [3.63, 3.8) is 0 Å². The zero-order valence-electron chi connectivity index (χ0n) is 20.2. The minimum Gasteiger partial charge on any atom is -0.497 e. The molecule has 4 aromatic rings. The summed E-state index contributed by atoms with van der Waals surface area (Å²) in [4.78, 5) is 16.5. The van der Waals surface area contributed by atoms with Crippen LogP contribution in [0.25, 0.3) is 28.6 Å². The lowest BCUT2D eigenvalue weighted by Crippen LogP contribution is -2.34. The molecule has 1 aliphatic rings. The van der Waals surface area contributed by atoms with Crippen LogP contribution in [-0.2, 0) is 0 Å². The van der Waals surface area contributed by atoms with E-state index in [0.717, 1.165) is 72.2 Å². The fourth-order valence-electron chi connectivity index (χ4n) is 4.74. The summed E-state index contributed by atoms with van der Waals surface area (Å²) in [6.07, 6.45) is 11.5. The molecule has 0 spiro atoms. The highest BCUT2D eigenvalue weighted by molar-refractivity contribution is 5.69. The number of benzene rings is 1. The SMILES string of the molecule is COc1cccc(-c2cnc(-c3ccncc3)nc2C2CCN(C/C(C)=C/c3ccco3)CC2)c1. The first-order chi connectivity index (χ1) is 17.2. The van der Waals surface area contributed by atoms with Gasteiger partial charge >= 0.3 is 0 Å². The molecule has 1 aliphatic heterocycles. The molecule has 0 amide bonds. The van der Waals surface area contributed by atoms with E-state index in [1.165, 1.54) is 5.57 Å². The van der Waals surface area contributed by atoms with E-state index in [1.807, 2.05) is 42.6 Å². The Balaban J connectivity index is 1.39. The maximum absolute atomic E-state index is 5.48. The largest absolute Gasteiger partial charge is 0.497 e. The molecule has 6 nitrogen and oxygen atoms in total. The molecule has 0 radical (unpaired) electrons. The van der Waals surface area contributed by atoms with E-state index in [0.29, 0.717) is 5.92 Å². The number of ether oxygens (including phenoxy) is 1. The van der Waals surface area contributed by atoms with E-state index < -0.39 is 0 Å². The zero-order chi connectivity index (χ0) is 24.0. The summed E-state index contributed by atoms with van der Waals surface area (Å²) in [5, 5.41) is 0. The molecule has 6 heteroatoms. The highest BCUT2D eigenvalue weighted by atomic mass is 16.5. The minimum atomic E-state index is 0.366. The average molecular weight is 467 g/mol. The molecule has 1 saturated heterocycles. The number of hydrogen-bond acceptors (Lipinski definition) is 6. The van der Waals surface area contributed by atoms with Gasteiger partial charge < -0.3 is 9.15 Å². The summed E-state index contributed by atoms with van der Waals surface area (Å²) in [5.74, 6) is 2.85. The maximum atomic E-state index is 5.48. The van der Waals surface area contributed by atoms with Crippen molar-refractivity contribution in [2.45, 2.75) is 25.7 Å². The molecular formula is C29H30N4O2. The molecule has 1 aromatic carbocycles. The van der Waals surface area contributed by atoms with Gasteiger partial charge in [0, 0.05) is 42.2 Å². The summed E-state index contributed by atoms with van der Waals surface area (Å²) in [7, 11) is 1.70. The maximum Gasteiger partial charge on any atom is 0.159 e. The van der Waals surface area contributed by atoms with Crippen molar-refractivity contribution in [2.75, 3.05) is 26.7 Å². The topological polar surface area (TPSA) is 64.3 Å². The van der Waals surface area contributed by atoms with Crippen molar-refractivity contribution >= 4 is 6.08 Å². The molecule has 5 rings (SSSR count). The Labute approximate surface area is 206 Å². The molecular weight excluding hydrogens is 436 g/mol. The Morgan fingerprint density at radius 2 is 1.91 bits per heavy atom. The van der Waals surface area contributed by atoms with Crippen LogP contribution in [0.5, 0.6) is 5.75 Å². The first-order valence-corrected chi connectivity index (χ1v) is 12.0. The lowest BCUT2D eigenvalue weighted by Gasteiger charge is -2.32. The van der Waals surface area contributed by atoms with Crippen molar-refractivity contribution in [3.05, 3.63) is 90.4 Å². The van der Waals surface area contributed by atoms with E-state index in [9.17, 15) is 0 Å². The summed E-state index contributed by atoms with van der Waals surface area (Å²) in [6, 6.07) is 16.0. The standard InChI is InChI=1S/C29H30N4O2/c1-21(17-26-7-4-16-35-26)20-33-14-10-22(11-15-33)28-27(24-5-3-6-25(18-24)34-2)19-31-29(32-28)23-8-12-30-13-9-23/h3-9,12-13,16-19,22H,10-11,14-15,20H2,1-2H3/b21-17+. The number of nitrogens with zero attached hydrogens (tertiary/aromatic N) is 4. The van der Waals surface area contributed by atoms with Gasteiger partial charge in [0.15, 0.2) is 5.82 Å². The van der Waals surface area contributed by atoms with Crippen molar-refractivity contribution in [3.8, 4) is 28.3 Å². The van der Waals surface area contributed by atoms with Crippen LogP contribution in [0.3, 0.4) is 0 Å². The third kappa shape index (κ3) is 5.49. The van der Waals surface area contributed by atoms with Crippen LogP contribution in [-0.4, -0.2) is 46.6 Å². The van der Waals surface area contributed by atoms with Crippen LogP contribution in [0, 0.1) is 0 Å². The minimum absolute atomic E-state index is 0.366. The van der Waals surface area contributed by atoms with Crippen molar-refractivity contribution < 1.29 is 9.15 Å². The number of hydrogen-bond donors (Lipinski definition) is 0. The number of rotatable bonds is 7. The highest BCUT2D eigenvalue weighted by Gasteiger charge is 2.25. The van der Waals surface area contributed by atoms with Gasteiger partial charge in [-0.3, -0.25) is 9.88 Å². The first-order valence-electron chi connectivity index (χ1n) is 12.0. The molecule has 3 aromatic heterocycles. The number of likely N-dealkylation sites (tertiary alicyclic amines) is 1. The van der Waals surface area contributed by atoms with Crippen LogP contribution in [0.2, 0.25) is 0 Å². The molecule has 1 fully saturated rings. The predicted octanol–water partition coefficient (Wildman–Crippen LogP) is 6.09. The lowest BCUT2D eigenvalue weighted by molar-refractivity contribution is 0.227. The van der Waals surface area contributed by atoms with Crippen molar-refractivity contribution in [1.29, 1.82) is 0 Å². The fraction of sp³-hybridized carbons (Fsp3) is 0.276. The van der Waals surface area contributed by atoms with E-state index in [4.69, 9.17) is 19.1 Å². The van der Waals surface area contributed by atoms with Gasteiger partial charge in [-0.2, -0.15) is 0 Å². The average Bonchev–Trinajstić information content (AvgIpc) is 3.42. The monoisotopic (exact) mass is 466 g/mol. The third-order valence-corrected chi connectivity index (χ3v) is 6.52. The highest BCUT2D eigenvalue weighted by Crippen LogP contribution is 2.36. The number of pyridine rings is 1. The number of methoxy groups -OCH3 is 1. The molecule has 0 unspecified atom stereocenters. The molecule has 0 atom stereocenters. The Morgan fingerprint density at radius 1 is 1.09 bits per heavy atom. The van der Waals surface area contributed by atoms with Gasteiger partial charge in [-0.25, -0.2) is 9.97 Å². The summed E-state index contributed by atoms with van der Waals surface area (Å²) in [5.41, 5.74) is 5.56. The Kier molecular flexibility index (Phi) is 7.00. The van der Waals surface area contributed by atoms with E-state index >= 15 is 0 Å². The molecule has 0 bridgehead atoms. The molecule has 35 heavy (non-hydrogen) atoms.